The van der Waals surface area contributed by atoms with Gasteiger partial charge >= 0.3 is 0 Å². The van der Waals surface area contributed by atoms with E-state index < -0.39 is 95.3 Å². The zero-order valence-corrected chi connectivity index (χ0v) is 22.6. The van der Waals surface area contributed by atoms with E-state index in [1.165, 1.54) is 7.05 Å². The molecular formula is C19H17ClN4O12S3. The summed E-state index contributed by atoms with van der Waals surface area (Å²) in [6.07, 6.45) is 0. The summed E-state index contributed by atoms with van der Waals surface area (Å²) < 4.78 is 99.5. The Balaban J connectivity index is 2.49. The molecule has 0 aromatic heterocycles. The van der Waals surface area contributed by atoms with Gasteiger partial charge in [0.05, 0.1) is 25.9 Å². The summed E-state index contributed by atoms with van der Waals surface area (Å²) in [5.74, 6) is -2.70. The summed E-state index contributed by atoms with van der Waals surface area (Å²) in [4.78, 5) is 9.38. The Morgan fingerprint density at radius 1 is 0.846 bits per heavy atom. The average Bonchev–Trinajstić information content (AvgIpc) is 2.78. The maximum atomic E-state index is 12.2. The van der Waals surface area contributed by atoms with E-state index in [1.807, 2.05) is 0 Å². The number of azo groups is 1. The highest BCUT2D eigenvalue weighted by molar-refractivity contribution is 7.86. The Morgan fingerprint density at radius 3 is 1.90 bits per heavy atom. The Bertz CT molecular complexity index is 1890. The molecule has 39 heavy (non-hydrogen) atoms. The van der Waals surface area contributed by atoms with Gasteiger partial charge in [-0.05, 0) is 35.7 Å². The van der Waals surface area contributed by atoms with Gasteiger partial charge in [0.15, 0.2) is 11.5 Å². The molecule has 3 aromatic rings. The van der Waals surface area contributed by atoms with Crippen LogP contribution in [0.5, 0.6) is 11.5 Å². The zero-order valence-electron chi connectivity index (χ0n) is 19.4. The lowest BCUT2D eigenvalue weighted by Crippen LogP contribution is -2.39. The number of fused-ring (bicyclic) bond motifs is 1. The van der Waals surface area contributed by atoms with E-state index in [2.05, 4.69) is 15.7 Å². The SMILES string of the molecule is CNN(C(C)=O)c1cc(S(=O)(=O)O)cc2cc(S(=O)(=O)O)c(N=Nc3cc(S(=O)(=O)O)cc(Cl)c3O)c(O)c12. The van der Waals surface area contributed by atoms with Crippen LogP contribution < -0.4 is 10.4 Å². The molecule has 0 fully saturated rings. The van der Waals surface area contributed by atoms with Crippen molar-refractivity contribution in [2.75, 3.05) is 12.1 Å². The van der Waals surface area contributed by atoms with Crippen LogP contribution in [-0.2, 0) is 35.1 Å². The van der Waals surface area contributed by atoms with Gasteiger partial charge in [0.2, 0.25) is 5.91 Å². The number of hydrogen-bond acceptors (Lipinski definition) is 12. The maximum Gasteiger partial charge on any atom is 0.296 e. The molecule has 3 rings (SSSR count). The first kappa shape index (κ1) is 30.1. The fourth-order valence-electron chi connectivity index (χ4n) is 3.39. The normalized spacial score (nSPS) is 12.8. The standard InChI is InChI=1S/C19H17ClN4O12S3/c1-8(25)24(21-2)14-7-10(37(28,29)30)3-9-4-15(39(34,35)36)17(19(27)16(9)14)23-22-13-6-11(38(31,32)33)5-12(20)18(13)26/h3-7,21,26-27H,1-2H3,(H,28,29,30)(H,31,32,33)(H,34,35,36). The number of carbonyl (C=O) groups excluding carboxylic acids is 1. The number of carbonyl (C=O) groups is 1. The van der Waals surface area contributed by atoms with E-state index >= 15 is 0 Å². The number of hydrogen-bond donors (Lipinski definition) is 6. The second kappa shape index (κ2) is 10.3. The third-order valence-electron chi connectivity index (χ3n) is 5.03. The van der Waals surface area contributed by atoms with Gasteiger partial charge < -0.3 is 10.2 Å². The number of phenols is 2. The molecule has 0 spiro atoms. The molecule has 0 radical (unpaired) electrons. The predicted molar refractivity (Wildman–Crippen MR) is 135 cm³/mol. The number of aromatic hydroxyl groups is 2. The van der Waals surface area contributed by atoms with Crippen molar-refractivity contribution in [3.05, 3.63) is 35.4 Å². The van der Waals surface area contributed by atoms with Crippen LogP contribution in [0.15, 0.2) is 55.2 Å². The monoisotopic (exact) mass is 624 g/mol. The molecule has 0 aliphatic carbocycles. The summed E-state index contributed by atoms with van der Waals surface area (Å²) in [6.45, 7) is 1.04. The molecule has 0 unspecified atom stereocenters. The topological polar surface area (TPSA) is 261 Å². The Morgan fingerprint density at radius 2 is 1.41 bits per heavy atom. The van der Waals surface area contributed by atoms with Gasteiger partial charge in [-0.25, -0.2) is 10.4 Å². The molecule has 3 aromatic carbocycles. The van der Waals surface area contributed by atoms with Crippen molar-refractivity contribution < 1.29 is 53.9 Å². The van der Waals surface area contributed by atoms with Crippen molar-refractivity contribution in [3.63, 3.8) is 0 Å². The van der Waals surface area contributed by atoms with Crippen LogP contribution in [0.25, 0.3) is 10.8 Å². The molecule has 6 N–H and O–H groups in total. The number of amides is 1. The number of hydrazine groups is 1. The lowest BCUT2D eigenvalue weighted by Gasteiger charge is -2.23. The first-order valence-corrected chi connectivity index (χ1v) is 14.7. The van der Waals surface area contributed by atoms with Crippen molar-refractivity contribution in [1.29, 1.82) is 0 Å². The largest absolute Gasteiger partial charge is 0.505 e. The Labute approximate surface area is 225 Å². The van der Waals surface area contributed by atoms with E-state index in [9.17, 15) is 53.9 Å². The van der Waals surface area contributed by atoms with Crippen molar-refractivity contribution in [2.24, 2.45) is 10.2 Å². The number of rotatable bonds is 7. The number of anilines is 1. The van der Waals surface area contributed by atoms with Gasteiger partial charge in [-0.3, -0.25) is 18.5 Å². The molecule has 0 bridgehead atoms. The summed E-state index contributed by atoms with van der Waals surface area (Å²) in [7, 11) is -13.8. The Kier molecular flexibility index (Phi) is 7.94. The van der Waals surface area contributed by atoms with Crippen LogP contribution in [-0.4, -0.2) is 62.1 Å². The van der Waals surface area contributed by atoms with Crippen molar-refractivity contribution in [3.8, 4) is 11.5 Å². The molecular weight excluding hydrogens is 608 g/mol. The lowest BCUT2D eigenvalue weighted by atomic mass is 10.1. The van der Waals surface area contributed by atoms with Gasteiger partial charge in [0, 0.05) is 14.0 Å². The fraction of sp³-hybridized carbons (Fsp3) is 0.105. The van der Waals surface area contributed by atoms with Gasteiger partial charge in [-0.1, -0.05) is 11.6 Å². The highest BCUT2D eigenvalue weighted by Gasteiger charge is 2.28. The average molecular weight is 625 g/mol. The van der Waals surface area contributed by atoms with E-state index in [4.69, 9.17) is 11.6 Å². The quantitative estimate of drug-likeness (QED) is 0.125. The first-order chi connectivity index (χ1) is 17.8. The molecule has 16 nitrogen and oxygen atoms in total. The number of phenolic OH excluding ortho intramolecular Hbond substituents is 2. The lowest BCUT2D eigenvalue weighted by molar-refractivity contribution is -0.117. The van der Waals surface area contributed by atoms with Gasteiger partial charge in [-0.15, -0.1) is 10.2 Å². The van der Waals surface area contributed by atoms with E-state index in [-0.39, 0.29) is 0 Å². The number of benzene rings is 3. The van der Waals surface area contributed by atoms with Crippen LogP contribution in [0, 0.1) is 0 Å². The predicted octanol–water partition coefficient (Wildman–Crippen LogP) is 2.55. The van der Waals surface area contributed by atoms with Crippen molar-refractivity contribution in [1.82, 2.24) is 5.43 Å². The molecule has 20 heteroatoms. The molecule has 0 atom stereocenters. The first-order valence-electron chi connectivity index (χ1n) is 9.96. The minimum absolute atomic E-state index is 0.412. The van der Waals surface area contributed by atoms with Crippen LogP contribution in [0.2, 0.25) is 5.02 Å². The minimum atomic E-state index is -5.25. The molecule has 1 amide bonds. The van der Waals surface area contributed by atoms with Crippen LogP contribution in [0.3, 0.4) is 0 Å². The summed E-state index contributed by atoms with van der Waals surface area (Å²) in [5.41, 5.74) is 0.281. The minimum Gasteiger partial charge on any atom is -0.505 e. The molecule has 0 aliphatic rings. The molecule has 0 saturated carbocycles. The van der Waals surface area contributed by atoms with Gasteiger partial charge in [0.1, 0.15) is 16.3 Å². The maximum absolute atomic E-state index is 12.2. The van der Waals surface area contributed by atoms with Crippen molar-refractivity contribution in [2.45, 2.75) is 21.6 Å². The van der Waals surface area contributed by atoms with Crippen LogP contribution in [0.1, 0.15) is 6.92 Å². The highest BCUT2D eigenvalue weighted by Crippen LogP contribution is 2.46. The van der Waals surface area contributed by atoms with E-state index in [1.54, 1.807) is 0 Å². The second-order valence-corrected chi connectivity index (χ2v) is 12.2. The fourth-order valence-corrected chi connectivity index (χ4v) is 5.39. The molecule has 0 aliphatic heterocycles. The molecule has 0 saturated heterocycles. The zero-order chi connectivity index (χ0) is 29.7. The number of halogens is 1. The number of nitrogens with one attached hydrogen (secondary N) is 1. The second-order valence-electron chi connectivity index (χ2n) is 7.59. The van der Waals surface area contributed by atoms with E-state index in [0.29, 0.717) is 18.2 Å². The Hall–Kier alpha value is -3.43. The van der Waals surface area contributed by atoms with Crippen LogP contribution >= 0.6 is 11.6 Å². The molecule has 0 heterocycles. The number of nitrogens with zero attached hydrogens (tertiary/aromatic N) is 3. The highest BCUT2D eigenvalue weighted by atomic mass is 35.5. The molecule has 210 valence electrons. The third-order valence-corrected chi connectivity index (χ3v) is 7.85. The summed E-state index contributed by atoms with van der Waals surface area (Å²) in [6, 6.07) is 3.43. The van der Waals surface area contributed by atoms with Gasteiger partial charge in [-0.2, -0.15) is 25.3 Å². The van der Waals surface area contributed by atoms with Gasteiger partial charge in [0.25, 0.3) is 30.4 Å². The smallest absolute Gasteiger partial charge is 0.296 e. The summed E-state index contributed by atoms with van der Waals surface area (Å²) >= 11 is 5.75. The van der Waals surface area contributed by atoms with E-state index in [0.717, 1.165) is 24.1 Å². The summed E-state index contributed by atoms with van der Waals surface area (Å²) in [5, 5.41) is 27.5. The van der Waals surface area contributed by atoms with Crippen molar-refractivity contribution >= 4 is 75.7 Å². The van der Waals surface area contributed by atoms with Crippen LogP contribution in [0.4, 0.5) is 17.1 Å². The third kappa shape index (κ3) is 6.09.